The molecule has 0 aromatic carbocycles. The van der Waals surface area contributed by atoms with E-state index in [2.05, 4.69) is 0 Å². The van der Waals surface area contributed by atoms with E-state index < -0.39 is 0 Å². The Hall–Kier alpha value is -1.07. The summed E-state index contributed by atoms with van der Waals surface area (Å²) in [5, 5.41) is 10.1. The zero-order valence-corrected chi connectivity index (χ0v) is 5.56. The van der Waals surface area contributed by atoms with Crippen molar-refractivity contribution in [1.82, 2.24) is 0 Å². The summed E-state index contributed by atoms with van der Waals surface area (Å²) in [4.78, 5) is 1.12. The normalized spacial score (nSPS) is 9.67. The van der Waals surface area contributed by atoms with E-state index in [0.29, 0.717) is 0 Å². The lowest BCUT2D eigenvalue weighted by atomic mass is 10.4. The topological polar surface area (TPSA) is 23.8 Å². The van der Waals surface area contributed by atoms with Crippen molar-refractivity contribution in [2.75, 3.05) is 0 Å². The Labute approximate surface area is 57.9 Å². The molecule has 0 bridgehead atoms. The first-order valence-electron chi connectivity index (χ1n) is 2.53. The van der Waals surface area contributed by atoms with Crippen LogP contribution in [-0.2, 0) is 0 Å². The highest BCUT2D eigenvalue weighted by Gasteiger charge is 1.81. The third-order valence-corrected chi connectivity index (χ3v) is 1.70. The fourth-order valence-corrected chi connectivity index (χ4v) is 1.12. The van der Waals surface area contributed by atoms with Gasteiger partial charge in [-0.1, -0.05) is 6.07 Å². The lowest BCUT2D eigenvalue weighted by molar-refractivity contribution is 1.54. The molecule has 1 rings (SSSR count). The highest BCUT2D eigenvalue weighted by molar-refractivity contribution is 7.10. The van der Waals surface area contributed by atoms with Gasteiger partial charge in [-0.25, -0.2) is 0 Å². The summed E-state index contributed by atoms with van der Waals surface area (Å²) in [7, 11) is 0. The highest BCUT2D eigenvalue weighted by atomic mass is 32.1. The van der Waals surface area contributed by atoms with Gasteiger partial charge in [-0.05, 0) is 17.5 Å². The van der Waals surface area contributed by atoms with E-state index in [9.17, 15) is 0 Å². The van der Waals surface area contributed by atoms with Crippen LogP contribution in [0.1, 0.15) is 4.88 Å². The molecule has 1 heterocycles. The smallest absolute Gasteiger partial charge is 0.0912 e. The zero-order valence-electron chi connectivity index (χ0n) is 4.74. The van der Waals surface area contributed by atoms with Crippen LogP contribution in [0.2, 0.25) is 0 Å². The Morgan fingerprint density at radius 1 is 1.67 bits per heavy atom. The van der Waals surface area contributed by atoms with Crippen molar-refractivity contribution in [1.29, 1.82) is 5.26 Å². The first-order valence-corrected chi connectivity index (χ1v) is 3.41. The number of hydrogen-bond donors (Lipinski definition) is 0. The lowest BCUT2D eigenvalue weighted by Gasteiger charge is -1.73. The quantitative estimate of drug-likeness (QED) is 0.542. The zero-order chi connectivity index (χ0) is 6.53. The Morgan fingerprint density at radius 2 is 2.56 bits per heavy atom. The molecule has 0 aliphatic carbocycles. The summed E-state index contributed by atoms with van der Waals surface area (Å²) >= 11 is 1.62. The van der Waals surface area contributed by atoms with E-state index in [1.807, 2.05) is 23.6 Å². The molecule has 44 valence electrons. The monoisotopic (exact) mass is 135 g/mol. The van der Waals surface area contributed by atoms with Crippen LogP contribution in [0.3, 0.4) is 0 Å². The molecule has 0 unspecified atom stereocenters. The van der Waals surface area contributed by atoms with Gasteiger partial charge in [0.1, 0.15) is 0 Å². The molecule has 0 radical (unpaired) electrons. The maximum atomic E-state index is 8.13. The van der Waals surface area contributed by atoms with Crippen molar-refractivity contribution < 1.29 is 0 Å². The number of hydrogen-bond acceptors (Lipinski definition) is 2. The Kier molecular flexibility index (Phi) is 2.06. The second kappa shape index (κ2) is 3.06. The van der Waals surface area contributed by atoms with Gasteiger partial charge in [0.05, 0.1) is 6.07 Å². The van der Waals surface area contributed by atoms with E-state index in [4.69, 9.17) is 5.26 Å². The van der Waals surface area contributed by atoms with Crippen LogP contribution in [0.4, 0.5) is 0 Å². The maximum Gasteiger partial charge on any atom is 0.0912 e. The molecule has 0 saturated heterocycles. The molecule has 2 heteroatoms. The fourth-order valence-electron chi connectivity index (χ4n) is 0.505. The van der Waals surface area contributed by atoms with Crippen LogP contribution < -0.4 is 0 Å². The Bertz CT molecular complexity index is 228. The first-order chi connectivity index (χ1) is 4.43. The van der Waals surface area contributed by atoms with E-state index in [1.165, 1.54) is 6.08 Å². The first kappa shape index (κ1) is 6.06. The molecule has 0 amide bonds. The number of allylic oxidation sites excluding steroid dienone is 1. The molecular weight excluding hydrogens is 130 g/mol. The lowest BCUT2D eigenvalue weighted by Crippen LogP contribution is -1.52. The SMILES string of the molecule is N#C/C=C/c1cccs1. The van der Waals surface area contributed by atoms with Crippen molar-refractivity contribution in [3.8, 4) is 6.07 Å². The average Bonchev–Trinajstić information content (AvgIpc) is 2.34. The second-order valence-electron chi connectivity index (χ2n) is 1.48. The van der Waals surface area contributed by atoms with E-state index in [1.54, 1.807) is 17.4 Å². The highest BCUT2D eigenvalue weighted by Crippen LogP contribution is 2.09. The molecule has 0 saturated carbocycles. The number of thiophene rings is 1. The largest absolute Gasteiger partial charge is 0.193 e. The minimum Gasteiger partial charge on any atom is -0.193 e. The van der Waals surface area contributed by atoms with Crippen LogP contribution in [0.15, 0.2) is 23.6 Å². The average molecular weight is 135 g/mol. The van der Waals surface area contributed by atoms with Gasteiger partial charge in [0.25, 0.3) is 0 Å². The molecule has 1 aromatic heterocycles. The van der Waals surface area contributed by atoms with Gasteiger partial charge in [0, 0.05) is 11.0 Å². The summed E-state index contributed by atoms with van der Waals surface area (Å²) in [6, 6.07) is 5.86. The Morgan fingerprint density at radius 3 is 3.11 bits per heavy atom. The molecule has 0 aliphatic heterocycles. The summed E-state index contributed by atoms with van der Waals surface area (Å²) in [5.74, 6) is 0. The molecule has 1 nitrogen and oxygen atoms in total. The van der Waals surface area contributed by atoms with Crippen molar-refractivity contribution in [3.05, 3.63) is 28.5 Å². The minimum absolute atomic E-state index is 1.12. The minimum atomic E-state index is 1.12. The van der Waals surface area contributed by atoms with Crippen molar-refractivity contribution >= 4 is 17.4 Å². The maximum absolute atomic E-state index is 8.13. The molecule has 0 spiro atoms. The number of nitriles is 1. The Balaban J connectivity index is 2.71. The van der Waals surface area contributed by atoms with Crippen LogP contribution in [-0.4, -0.2) is 0 Å². The van der Waals surface area contributed by atoms with E-state index in [0.717, 1.165) is 4.88 Å². The van der Waals surface area contributed by atoms with Gasteiger partial charge in [0.2, 0.25) is 0 Å². The van der Waals surface area contributed by atoms with Crippen molar-refractivity contribution in [2.24, 2.45) is 0 Å². The van der Waals surface area contributed by atoms with Gasteiger partial charge in [0.15, 0.2) is 0 Å². The van der Waals surface area contributed by atoms with Crippen LogP contribution >= 0.6 is 11.3 Å². The summed E-state index contributed by atoms with van der Waals surface area (Å²) in [6.07, 6.45) is 3.27. The van der Waals surface area contributed by atoms with E-state index in [-0.39, 0.29) is 0 Å². The van der Waals surface area contributed by atoms with Gasteiger partial charge >= 0.3 is 0 Å². The summed E-state index contributed by atoms with van der Waals surface area (Å²) in [6.45, 7) is 0. The van der Waals surface area contributed by atoms with Gasteiger partial charge in [-0.15, -0.1) is 11.3 Å². The predicted octanol–water partition coefficient (Wildman–Crippen LogP) is 2.28. The molecule has 1 aromatic rings. The molecular formula is C7H5NS. The second-order valence-corrected chi connectivity index (χ2v) is 2.46. The summed E-state index contributed by atoms with van der Waals surface area (Å²) < 4.78 is 0. The van der Waals surface area contributed by atoms with Gasteiger partial charge < -0.3 is 0 Å². The number of nitrogens with zero attached hydrogens (tertiary/aromatic N) is 1. The molecule has 0 N–H and O–H groups in total. The molecule has 0 aliphatic rings. The standard InChI is InChI=1S/C7H5NS/c8-5-1-3-7-4-2-6-9-7/h1-4,6H/b3-1+. The van der Waals surface area contributed by atoms with Gasteiger partial charge in [-0.3, -0.25) is 0 Å². The van der Waals surface area contributed by atoms with Crippen LogP contribution in [0.25, 0.3) is 6.08 Å². The fraction of sp³-hybridized carbons (Fsp3) is 0. The van der Waals surface area contributed by atoms with E-state index >= 15 is 0 Å². The third-order valence-electron chi connectivity index (χ3n) is 0.865. The predicted molar refractivity (Wildman–Crippen MR) is 39.0 cm³/mol. The van der Waals surface area contributed by atoms with Crippen LogP contribution in [0, 0.1) is 11.3 Å². The molecule has 0 atom stereocenters. The molecule has 0 fully saturated rings. The van der Waals surface area contributed by atoms with Crippen molar-refractivity contribution in [3.63, 3.8) is 0 Å². The summed E-state index contributed by atoms with van der Waals surface area (Å²) in [5.41, 5.74) is 0. The van der Waals surface area contributed by atoms with Gasteiger partial charge in [-0.2, -0.15) is 5.26 Å². The molecule has 9 heavy (non-hydrogen) atoms. The van der Waals surface area contributed by atoms with Crippen molar-refractivity contribution in [2.45, 2.75) is 0 Å². The van der Waals surface area contributed by atoms with Crippen LogP contribution in [0.5, 0.6) is 0 Å². The third kappa shape index (κ3) is 1.71. The number of rotatable bonds is 1.